The van der Waals surface area contributed by atoms with Crippen LogP contribution in [0.3, 0.4) is 0 Å². The van der Waals surface area contributed by atoms with E-state index < -0.39 is 0 Å². The minimum Gasteiger partial charge on any atom is -0.351 e. The smallest absolute Gasteiger partial charge is 0.230 e. The van der Waals surface area contributed by atoms with Crippen LogP contribution < -0.4 is 5.32 Å². The van der Waals surface area contributed by atoms with Crippen LogP contribution in [0.25, 0.3) is 0 Å². The number of carbonyl (C=O) groups is 1. The van der Waals surface area contributed by atoms with E-state index in [-0.39, 0.29) is 5.91 Å². The maximum Gasteiger partial charge on any atom is 0.230 e. The number of nitrogens with zero attached hydrogens (tertiary/aromatic N) is 1. The third kappa shape index (κ3) is 5.10. The second-order valence-electron chi connectivity index (χ2n) is 4.67. The molecule has 0 radical (unpaired) electrons. The van der Waals surface area contributed by atoms with Crippen molar-refractivity contribution >= 4 is 29.3 Å². The van der Waals surface area contributed by atoms with Gasteiger partial charge in [-0.05, 0) is 29.3 Å². The molecule has 2 rings (SSSR count). The molecule has 0 aliphatic heterocycles. The summed E-state index contributed by atoms with van der Waals surface area (Å²) in [6, 6.07) is 17.0. The second kappa shape index (κ2) is 8.47. The first-order valence-corrected chi connectivity index (χ1v) is 8.29. The van der Waals surface area contributed by atoms with Gasteiger partial charge in [-0.2, -0.15) is 5.26 Å². The Morgan fingerprint density at radius 2 is 2.05 bits per heavy atom. The molecule has 0 aromatic heterocycles. The van der Waals surface area contributed by atoms with E-state index in [9.17, 15) is 4.79 Å². The number of nitriles is 1. The summed E-state index contributed by atoms with van der Waals surface area (Å²) in [6.07, 6.45) is 0. The molecule has 1 N–H and O–H groups in total. The molecule has 0 unspecified atom stereocenters. The Hall–Kier alpha value is -1.96. The van der Waals surface area contributed by atoms with Gasteiger partial charge in [0.1, 0.15) is 0 Å². The molecule has 0 fully saturated rings. The Bertz CT molecular complexity index is 697. The molecule has 5 heteroatoms. The molecule has 2 aromatic rings. The summed E-state index contributed by atoms with van der Waals surface area (Å²) in [5.41, 5.74) is 2.59. The van der Waals surface area contributed by atoms with Gasteiger partial charge in [-0.25, -0.2) is 0 Å². The van der Waals surface area contributed by atoms with Gasteiger partial charge in [0.15, 0.2) is 0 Å². The minimum absolute atomic E-state index is 0.0283. The second-order valence-corrected chi connectivity index (χ2v) is 6.09. The summed E-state index contributed by atoms with van der Waals surface area (Å²) in [5, 5.41) is 12.5. The Labute approximate surface area is 139 Å². The number of thioether (sulfide) groups is 1. The zero-order valence-corrected chi connectivity index (χ0v) is 13.5. The van der Waals surface area contributed by atoms with Gasteiger partial charge in [0.05, 0.1) is 17.4 Å². The van der Waals surface area contributed by atoms with Crippen molar-refractivity contribution in [1.29, 1.82) is 5.26 Å². The Morgan fingerprint density at radius 1 is 1.23 bits per heavy atom. The molecular formula is C17H15ClN2OS. The van der Waals surface area contributed by atoms with Gasteiger partial charge in [-0.15, -0.1) is 11.8 Å². The lowest BCUT2D eigenvalue weighted by molar-refractivity contribution is -0.118. The lowest BCUT2D eigenvalue weighted by Crippen LogP contribution is -2.24. The Morgan fingerprint density at radius 3 is 2.82 bits per heavy atom. The first-order chi connectivity index (χ1) is 10.7. The van der Waals surface area contributed by atoms with Crippen molar-refractivity contribution < 1.29 is 4.79 Å². The summed E-state index contributed by atoms with van der Waals surface area (Å²) in [7, 11) is 0. The van der Waals surface area contributed by atoms with E-state index in [1.165, 1.54) is 11.8 Å². The van der Waals surface area contributed by atoms with Crippen molar-refractivity contribution in [1.82, 2.24) is 5.32 Å². The van der Waals surface area contributed by atoms with Crippen LogP contribution >= 0.6 is 23.4 Å². The normalized spacial score (nSPS) is 10.0. The van der Waals surface area contributed by atoms with Gasteiger partial charge in [0.25, 0.3) is 0 Å². The fourth-order valence-electron chi connectivity index (χ4n) is 1.91. The van der Waals surface area contributed by atoms with E-state index >= 15 is 0 Å². The number of carbonyl (C=O) groups excluding carboxylic acids is 1. The number of hydrogen-bond acceptors (Lipinski definition) is 3. The summed E-state index contributed by atoms with van der Waals surface area (Å²) >= 11 is 7.39. The maximum atomic E-state index is 11.8. The number of hydrogen-bond donors (Lipinski definition) is 1. The molecule has 0 saturated heterocycles. The number of benzene rings is 2. The summed E-state index contributed by atoms with van der Waals surface area (Å²) in [4.78, 5) is 11.8. The van der Waals surface area contributed by atoms with E-state index in [0.717, 1.165) is 11.1 Å². The van der Waals surface area contributed by atoms with Crippen LogP contribution in [0.4, 0.5) is 0 Å². The van der Waals surface area contributed by atoms with E-state index in [1.807, 2.05) is 36.4 Å². The molecule has 0 atom stereocenters. The predicted octanol–water partition coefficient (Wildman–Crippen LogP) is 3.76. The predicted molar refractivity (Wildman–Crippen MR) is 90.6 cm³/mol. The highest BCUT2D eigenvalue weighted by Gasteiger charge is 2.05. The molecule has 0 saturated carbocycles. The van der Waals surface area contributed by atoms with Gasteiger partial charge in [-0.1, -0.05) is 41.9 Å². The maximum absolute atomic E-state index is 11.8. The molecule has 0 spiro atoms. The van der Waals surface area contributed by atoms with Crippen LogP contribution in [0.15, 0.2) is 48.5 Å². The van der Waals surface area contributed by atoms with Crippen LogP contribution in [-0.4, -0.2) is 11.7 Å². The van der Waals surface area contributed by atoms with E-state index in [2.05, 4.69) is 11.4 Å². The van der Waals surface area contributed by atoms with Crippen molar-refractivity contribution in [3.05, 3.63) is 70.2 Å². The zero-order valence-electron chi connectivity index (χ0n) is 11.9. The fourth-order valence-corrected chi connectivity index (χ4v) is 2.98. The highest BCUT2D eigenvalue weighted by molar-refractivity contribution is 7.99. The Balaban J connectivity index is 1.75. The van der Waals surface area contributed by atoms with Crippen molar-refractivity contribution in [2.24, 2.45) is 0 Å². The number of rotatable bonds is 6. The topological polar surface area (TPSA) is 52.9 Å². The molecule has 0 bridgehead atoms. The number of amides is 1. The van der Waals surface area contributed by atoms with Crippen LogP contribution in [0.5, 0.6) is 0 Å². The Kier molecular flexibility index (Phi) is 6.32. The van der Waals surface area contributed by atoms with Gasteiger partial charge in [-0.3, -0.25) is 4.79 Å². The van der Waals surface area contributed by atoms with Gasteiger partial charge < -0.3 is 5.32 Å². The first-order valence-electron chi connectivity index (χ1n) is 6.76. The highest BCUT2D eigenvalue weighted by atomic mass is 35.5. The summed E-state index contributed by atoms with van der Waals surface area (Å²) < 4.78 is 0. The van der Waals surface area contributed by atoms with E-state index in [0.29, 0.717) is 28.6 Å². The SMILES string of the molecule is N#Cc1ccccc1CSCC(=O)NCc1cccc(Cl)c1. The third-order valence-corrected chi connectivity index (χ3v) is 4.22. The minimum atomic E-state index is -0.0283. The lowest BCUT2D eigenvalue weighted by atomic mass is 10.1. The summed E-state index contributed by atoms with van der Waals surface area (Å²) in [5.74, 6) is 0.980. The van der Waals surface area contributed by atoms with Crippen molar-refractivity contribution in [2.45, 2.75) is 12.3 Å². The number of nitrogens with one attached hydrogen (secondary N) is 1. The van der Waals surface area contributed by atoms with Crippen LogP contribution in [0.2, 0.25) is 5.02 Å². The fraction of sp³-hybridized carbons (Fsp3) is 0.176. The molecule has 0 aliphatic rings. The quantitative estimate of drug-likeness (QED) is 0.877. The van der Waals surface area contributed by atoms with Crippen LogP contribution in [-0.2, 0) is 17.1 Å². The first kappa shape index (κ1) is 16.4. The molecule has 1 amide bonds. The number of halogens is 1. The van der Waals surface area contributed by atoms with Crippen LogP contribution in [0.1, 0.15) is 16.7 Å². The van der Waals surface area contributed by atoms with E-state index in [1.54, 1.807) is 12.1 Å². The van der Waals surface area contributed by atoms with Gasteiger partial charge in [0, 0.05) is 17.3 Å². The lowest BCUT2D eigenvalue weighted by Gasteiger charge is -2.06. The molecule has 0 aliphatic carbocycles. The van der Waals surface area contributed by atoms with Crippen molar-refractivity contribution in [3.63, 3.8) is 0 Å². The average molecular weight is 331 g/mol. The standard InChI is InChI=1S/C17H15ClN2OS/c18-16-7-3-4-13(8-16)10-20-17(21)12-22-11-15-6-2-1-5-14(15)9-19/h1-8H,10-12H2,(H,20,21). The third-order valence-electron chi connectivity index (χ3n) is 3.01. The molecule has 3 nitrogen and oxygen atoms in total. The highest BCUT2D eigenvalue weighted by Crippen LogP contribution is 2.16. The molecule has 0 heterocycles. The van der Waals surface area contributed by atoms with E-state index in [4.69, 9.17) is 16.9 Å². The van der Waals surface area contributed by atoms with Crippen molar-refractivity contribution in [2.75, 3.05) is 5.75 Å². The largest absolute Gasteiger partial charge is 0.351 e. The molecule has 2 aromatic carbocycles. The van der Waals surface area contributed by atoms with Crippen LogP contribution in [0, 0.1) is 11.3 Å². The average Bonchev–Trinajstić information content (AvgIpc) is 2.53. The molecule has 112 valence electrons. The monoisotopic (exact) mass is 330 g/mol. The van der Waals surface area contributed by atoms with Gasteiger partial charge in [0.2, 0.25) is 5.91 Å². The molecular weight excluding hydrogens is 316 g/mol. The zero-order chi connectivity index (χ0) is 15.8. The van der Waals surface area contributed by atoms with Gasteiger partial charge >= 0.3 is 0 Å². The molecule has 22 heavy (non-hydrogen) atoms. The summed E-state index contributed by atoms with van der Waals surface area (Å²) in [6.45, 7) is 0.467. The van der Waals surface area contributed by atoms with Crippen molar-refractivity contribution in [3.8, 4) is 6.07 Å².